The zero-order chi connectivity index (χ0) is 13.7. The standard InChI is InChI=1S/C13H22F2N4/c1-2-16-9-11-5-3-4-7-18(11)10-12-17-6-8-19(12)13(14)15/h6,8,11,13,16H,2-5,7,9-10H2,1H3. The predicted molar refractivity (Wildman–Crippen MR) is 70.1 cm³/mol. The number of imidazole rings is 1. The van der Waals surface area contributed by atoms with Crippen LogP contribution in [-0.4, -0.2) is 40.1 Å². The molecule has 0 radical (unpaired) electrons. The fourth-order valence-corrected chi connectivity index (χ4v) is 2.64. The van der Waals surface area contributed by atoms with Crippen molar-refractivity contribution in [1.82, 2.24) is 19.8 Å². The SMILES string of the molecule is CCNCC1CCCCN1Cc1nccn1C(F)F. The molecule has 2 heterocycles. The molecule has 1 aromatic heterocycles. The topological polar surface area (TPSA) is 33.1 Å². The maximum absolute atomic E-state index is 12.8. The van der Waals surface area contributed by atoms with Crippen molar-refractivity contribution < 1.29 is 8.78 Å². The molecule has 0 amide bonds. The van der Waals surface area contributed by atoms with Crippen LogP contribution in [0.4, 0.5) is 8.78 Å². The van der Waals surface area contributed by atoms with Gasteiger partial charge < -0.3 is 5.32 Å². The fraction of sp³-hybridized carbons (Fsp3) is 0.769. The van der Waals surface area contributed by atoms with Crippen LogP contribution in [0, 0.1) is 0 Å². The summed E-state index contributed by atoms with van der Waals surface area (Å²) in [5, 5.41) is 3.35. The molecule has 6 heteroatoms. The Morgan fingerprint density at radius 2 is 2.32 bits per heavy atom. The molecule has 1 N–H and O–H groups in total. The molecule has 19 heavy (non-hydrogen) atoms. The normalized spacial score (nSPS) is 21.2. The minimum absolute atomic E-state index is 0.427. The van der Waals surface area contributed by atoms with Crippen LogP contribution in [-0.2, 0) is 6.54 Å². The van der Waals surface area contributed by atoms with Crippen LogP contribution < -0.4 is 5.32 Å². The van der Waals surface area contributed by atoms with E-state index in [2.05, 4.69) is 22.1 Å². The number of alkyl halides is 2. The third-order valence-corrected chi connectivity index (χ3v) is 3.68. The molecule has 1 atom stereocenters. The van der Waals surface area contributed by atoms with Gasteiger partial charge in [0.15, 0.2) is 0 Å². The van der Waals surface area contributed by atoms with E-state index in [9.17, 15) is 8.78 Å². The summed E-state index contributed by atoms with van der Waals surface area (Å²) in [6.45, 7) is 2.91. The zero-order valence-electron chi connectivity index (χ0n) is 11.4. The maximum atomic E-state index is 12.8. The molecule has 0 aliphatic carbocycles. The van der Waals surface area contributed by atoms with Crippen molar-refractivity contribution in [3.05, 3.63) is 18.2 Å². The van der Waals surface area contributed by atoms with Gasteiger partial charge in [-0.3, -0.25) is 9.47 Å². The summed E-state index contributed by atoms with van der Waals surface area (Å²) < 4.78 is 26.6. The number of piperidine rings is 1. The maximum Gasteiger partial charge on any atom is 0.319 e. The van der Waals surface area contributed by atoms with Crippen LogP contribution in [0.1, 0.15) is 38.6 Å². The summed E-state index contributed by atoms with van der Waals surface area (Å²) in [6, 6.07) is 0.427. The summed E-state index contributed by atoms with van der Waals surface area (Å²) in [4.78, 5) is 6.34. The molecule has 0 spiro atoms. The molecule has 108 valence electrons. The highest BCUT2D eigenvalue weighted by Crippen LogP contribution is 2.20. The van der Waals surface area contributed by atoms with E-state index in [0.717, 1.165) is 37.0 Å². The lowest BCUT2D eigenvalue weighted by molar-refractivity contribution is 0.0595. The average molecular weight is 272 g/mol. The number of hydrogen-bond donors (Lipinski definition) is 1. The molecular formula is C13H22F2N4. The van der Waals surface area contributed by atoms with E-state index < -0.39 is 6.55 Å². The molecule has 1 aliphatic rings. The smallest absolute Gasteiger partial charge is 0.315 e. The lowest BCUT2D eigenvalue weighted by atomic mass is 10.0. The average Bonchev–Trinajstić information content (AvgIpc) is 2.86. The Bertz CT molecular complexity index is 380. The van der Waals surface area contributed by atoms with Crippen molar-refractivity contribution in [3.8, 4) is 0 Å². The Kier molecular flexibility index (Phi) is 5.27. The second-order valence-electron chi connectivity index (χ2n) is 4.96. The van der Waals surface area contributed by atoms with Crippen LogP contribution in [0.15, 0.2) is 12.4 Å². The number of likely N-dealkylation sites (tertiary alicyclic amines) is 1. The van der Waals surface area contributed by atoms with E-state index in [1.54, 1.807) is 0 Å². The Morgan fingerprint density at radius 1 is 1.47 bits per heavy atom. The number of halogens is 2. The summed E-state index contributed by atoms with van der Waals surface area (Å²) in [6.07, 6.45) is 6.28. The third-order valence-electron chi connectivity index (χ3n) is 3.68. The highest BCUT2D eigenvalue weighted by atomic mass is 19.3. The second-order valence-corrected chi connectivity index (χ2v) is 4.96. The van der Waals surface area contributed by atoms with E-state index in [1.165, 1.54) is 18.8 Å². The summed E-state index contributed by atoms with van der Waals surface area (Å²) in [5.74, 6) is 0.457. The van der Waals surface area contributed by atoms with Gasteiger partial charge >= 0.3 is 6.55 Å². The van der Waals surface area contributed by atoms with Crippen LogP contribution in [0.5, 0.6) is 0 Å². The minimum Gasteiger partial charge on any atom is -0.315 e. The van der Waals surface area contributed by atoms with E-state index in [-0.39, 0.29) is 0 Å². The van der Waals surface area contributed by atoms with Gasteiger partial charge in [-0.2, -0.15) is 8.78 Å². The van der Waals surface area contributed by atoms with E-state index >= 15 is 0 Å². The molecule has 1 aromatic rings. The molecule has 2 rings (SSSR count). The van der Waals surface area contributed by atoms with Gasteiger partial charge in [-0.15, -0.1) is 0 Å². The van der Waals surface area contributed by atoms with E-state index in [4.69, 9.17) is 0 Å². The van der Waals surface area contributed by atoms with Gasteiger partial charge in [-0.05, 0) is 25.9 Å². The zero-order valence-corrected chi connectivity index (χ0v) is 11.4. The summed E-state index contributed by atoms with van der Waals surface area (Å²) in [5.41, 5.74) is 0. The quantitative estimate of drug-likeness (QED) is 0.862. The monoisotopic (exact) mass is 272 g/mol. The van der Waals surface area contributed by atoms with Gasteiger partial charge in [0.1, 0.15) is 5.82 Å². The second kappa shape index (κ2) is 6.96. The molecule has 1 aliphatic heterocycles. The minimum atomic E-state index is -2.51. The fourth-order valence-electron chi connectivity index (χ4n) is 2.64. The largest absolute Gasteiger partial charge is 0.319 e. The summed E-state index contributed by atoms with van der Waals surface area (Å²) >= 11 is 0. The third kappa shape index (κ3) is 3.73. The van der Waals surface area contributed by atoms with Crippen LogP contribution in [0.25, 0.3) is 0 Å². The van der Waals surface area contributed by atoms with Crippen molar-refractivity contribution >= 4 is 0 Å². The predicted octanol–water partition coefficient (Wildman–Crippen LogP) is 2.24. The number of hydrogen-bond acceptors (Lipinski definition) is 3. The van der Waals surface area contributed by atoms with Gasteiger partial charge in [0.25, 0.3) is 0 Å². The summed E-state index contributed by atoms with van der Waals surface area (Å²) in [7, 11) is 0. The molecule has 0 bridgehead atoms. The Balaban J connectivity index is 2.00. The van der Waals surface area contributed by atoms with Crippen LogP contribution in [0.2, 0.25) is 0 Å². The number of aromatic nitrogens is 2. The Labute approximate surface area is 112 Å². The molecule has 1 fully saturated rings. The van der Waals surface area contributed by atoms with Crippen LogP contribution in [0.3, 0.4) is 0 Å². The highest BCUT2D eigenvalue weighted by Gasteiger charge is 2.24. The molecule has 0 saturated carbocycles. The first-order valence-corrected chi connectivity index (χ1v) is 6.97. The van der Waals surface area contributed by atoms with Crippen molar-refractivity contribution in [3.63, 3.8) is 0 Å². The van der Waals surface area contributed by atoms with Gasteiger partial charge in [0.05, 0.1) is 6.54 Å². The Morgan fingerprint density at radius 3 is 3.05 bits per heavy atom. The van der Waals surface area contributed by atoms with Gasteiger partial charge in [-0.1, -0.05) is 13.3 Å². The number of nitrogens with one attached hydrogen (secondary N) is 1. The van der Waals surface area contributed by atoms with Crippen LogP contribution >= 0.6 is 0 Å². The molecule has 4 nitrogen and oxygen atoms in total. The molecule has 0 aromatic carbocycles. The Hall–Kier alpha value is -1.01. The van der Waals surface area contributed by atoms with Gasteiger partial charge in [0, 0.05) is 25.0 Å². The first-order chi connectivity index (χ1) is 9.22. The van der Waals surface area contributed by atoms with Gasteiger partial charge in [0.2, 0.25) is 0 Å². The number of nitrogens with zero attached hydrogens (tertiary/aromatic N) is 3. The highest BCUT2D eigenvalue weighted by molar-refractivity contribution is 4.94. The first-order valence-electron chi connectivity index (χ1n) is 6.97. The van der Waals surface area contributed by atoms with Gasteiger partial charge in [-0.25, -0.2) is 4.98 Å². The number of rotatable bonds is 6. The molecule has 1 saturated heterocycles. The molecule has 1 unspecified atom stereocenters. The van der Waals surface area contributed by atoms with Crippen molar-refractivity contribution in [2.45, 2.75) is 45.3 Å². The van der Waals surface area contributed by atoms with Crippen molar-refractivity contribution in [2.24, 2.45) is 0 Å². The van der Waals surface area contributed by atoms with E-state index in [1.807, 2.05) is 0 Å². The van der Waals surface area contributed by atoms with Crippen molar-refractivity contribution in [1.29, 1.82) is 0 Å². The lowest BCUT2D eigenvalue weighted by Gasteiger charge is -2.35. The number of likely N-dealkylation sites (N-methyl/N-ethyl adjacent to an activating group) is 1. The van der Waals surface area contributed by atoms with E-state index in [0.29, 0.717) is 18.4 Å². The van der Waals surface area contributed by atoms with Crippen molar-refractivity contribution in [2.75, 3.05) is 19.6 Å². The molecular weight excluding hydrogens is 250 g/mol. The lowest BCUT2D eigenvalue weighted by Crippen LogP contribution is -2.45. The first kappa shape index (κ1) is 14.4.